The molecule has 0 aromatic carbocycles. The van der Waals surface area contributed by atoms with Crippen LogP contribution in [0.2, 0.25) is 0 Å². The van der Waals surface area contributed by atoms with Crippen LogP contribution in [-0.4, -0.2) is 76.4 Å². The maximum absolute atomic E-state index is 9.93. The minimum absolute atomic E-state index is 0. The Morgan fingerprint density at radius 1 is 1.00 bits per heavy atom. The quantitative estimate of drug-likeness (QED) is 0.419. The number of hydrogen-bond acceptors (Lipinski definition) is 9. The average molecular weight is 345 g/mol. The van der Waals surface area contributed by atoms with Crippen LogP contribution in [0.1, 0.15) is 0 Å². The second kappa shape index (κ2) is 4.90. The Bertz CT molecular complexity index is 230. The molecule has 0 N–H and O–H groups in total. The molecule has 2 aliphatic rings. The Morgan fingerprint density at radius 2 is 1.21 bits per heavy atom. The summed E-state index contributed by atoms with van der Waals surface area (Å²) in [4.78, 5) is 28.2. The average Bonchev–Trinajstić information content (AvgIpc) is 1.79. The zero-order valence-corrected chi connectivity index (χ0v) is 11.8. The van der Waals surface area contributed by atoms with Gasteiger partial charge in [0.1, 0.15) is 0 Å². The molecule has 0 aromatic heterocycles. The molecule has 2 saturated heterocycles. The molecular formula is C3BaO9Si. The monoisotopic (exact) mass is 346 g/mol. The van der Waals surface area contributed by atoms with Crippen LogP contribution in [0.25, 0.3) is 0 Å². The van der Waals surface area contributed by atoms with Crippen LogP contribution in [-0.2, 0) is 17.7 Å². The molecule has 0 unspecified atom stereocenters. The van der Waals surface area contributed by atoms with Crippen LogP contribution >= 0.6 is 0 Å². The van der Waals surface area contributed by atoms with Gasteiger partial charge in [-0.3, -0.25) is 0 Å². The first-order chi connectivity index (χ1) is 5.93. The van der Waals surface area contributed by atoms with E-state index in [9.17, 15) is 9.59 Å². The van der Waals surface area contributed by atoms with Crippen LogP contribution in [0.4, 0.5) is 14.4 Å². The molecule has 0 saturated carbocycles. The summed E-state index contributed by atoms with van der Waals surface area (Å²) in [6.07, 6.45) is -4.04. The second-order valence-electron chi connectivity index (χ2n) is 1.66. The van der Waals surface area contributed by atoms with E-state index in [2.05, 4.69) is 17.7 Å². The first-order valence-electron chi connectivity index (χ1n) is 2.65. The third kappa shape index (κ3) is 3.39. The molecule has 0 bridgehead atoms. The third-order valence-electron chi connectivity index (χ3n) is 0.833. The van der Waals surface area contributed by atoms with Gasteiger partial charge in [-0.15, -0.1) is 0 Å². The summed E-state index contributed by atoms with van der Waals surface area (Å²) in [7, 11) is -3.12. The van der Waals surface area contributed by atoms with Gasteiger partial charge in [0.25, 0.3) is 0 Å². The molecule has 0 amide bonds. The molecule has 11 heteroatoms. The van der Waals surface area contributed by atoms with E-state index in [-0.39, 0.29) is 48.9 Å². The number of hydrogen-bond donors (Lipinski definition) is 0. The largest absolute Gasteiger partial charge is 2.00 e. The van der Waals surface area contributed by atoms with Crippen molar-refractivity contribution in [2.24, 2.45) is 0 Å². The zero-order valence-electron chi connectivity index (χ0n) is 6.38. The molecule has 2 heterocycles. The van der Waals surface area contributed by atoms with Crippen molar-refractivity contribution in [2.45, 2.75) is 0 Å². The van der Waals surface area contributed by atoms with Crippen molar-refractivity contribution in [1.82, 2.24) is 0 Å². The zero-order chi connectivity index (χ0) is 10.1. The molecule has 2 rings (SSSR count). The second-order valence-corrected chi connectivity index (χ2v) is 3.47. The van der Waals surface area contributed by atoms with Gasteiger partial charge in [0.05, 0.1) is 0 Å². The Morgan fingerprint density at radius 3 is 1.36 bits per heavy atom. The van der Waals surface area contributed by atoms with E-state index < -0.39 is 27.5 Å². The van der Waals surface area contributed by atoms with Gasteiger partial charge in [-0.05, 0) is 6.16 Å². The predicted molar refractivity (Wildman–Crippen MR) is 32.0 cm³/mol. The summed E-state index contributed by atoms with van der Waals surface area (Å²) in [6, 6.07) is 0. The number of carboxylic acid groups (broad SMARTS) is 2. The van der Waals surface area contributed by atoms with Gasteiger partial charge in [0.15, 0.2) is 0 Å². The van der Waals surface area contributed by atoms with Crippen molar-refractivity contribution in [3.8, 4) is 0 Å². The van der Waals surface area contributed by atoms with Crippen LogP contribution in [0.15, 0.2) is 0 Å². The SMILES string of the molecule is O=C([O-])[O-].O=C1O[Si]2(O1)OC(=O)O2.[Ba+2]. The normalized spacial score (nSPS) is 18.6. The first-order valence-corrected chi connectivity index (χ1v) is 4.29. The van der Waals surface area contributed by atoms with Crippen LogP contribution < -0.4 is 10.2 Å². The smallest absolute Gasteiger partial charge is 0.652 e. The molecule has 0 radical (unpaired) electrons. The van der Waals surface area contributed by atoms with E-state index in [0.717, 1.165) is 0 Å². The van der Waals surface area contributed by atoms with E-state index in [1.165, 1.54) is 0 Å². The molecule has 2 fully saturated rings. The number of carbonyl (C=O) groups excluding carboxylic acids is 3. The van der Waals surface area contributed by atoms with E-state index >= 15 is 0 Å². The number of carbonyl (C=O) groups is 3. The molecule has 1 spiro atoms. The predicted octanol–water partition coefficient (Wildman–Crippen LogP) is -3.07. The van der Waals surface area contributed by atoms with Crippen molar-refractivity contribution >= 4 is 76.4 Å². The summed E-state index contributed by atoms with van der Waals surface area (Å²) in [5.74, 6) is 0. The van der Waals surface area contributed by atoms with Gasteiger partial charge in [0, 0.05) is 0 Å². The standard InChI is InChI=1S/C2O6Si.CH2O3.Ba/c3-1-5-9(6-1)7-2(4)8-9;2-1(3)4;/h;(H2,2,3,4);/q;;+2/p-2. The number of rotatable bonds is 0. The Labute approximate surface area is 117 Å². The summed E-state index contributed by atoms with van der Waals surface area (Å²) in [5.41, 5.74) is 0. The maximum Gasteiger partial charge on any atom is 2.00 e. The first kappa shape index (κ1) is 13.6. The fourth-order valence-corrected chi connectivity index (χ4v) is 1.52. The van der Waals surface area contributed by atoms with Crippen LogP contribution in [0, 0.1) is 0 Å². The fourth-order valence-electron chi connectivity index (χ4n) is 0.507. The topological polar surface area (TPSA) is 134 Å². The molecule has 0 aliphatic carbocycles. The van der Waals surface area contributed by atoms with Gasteiger partial charge in [-0.25, -0.2) is 9.59 Å². The molecule has 9 nitrogen and oxygen atoms in total. The molecule has 2 aliphatic heterocycles. The summed E-state index contributed by atoms with van der Waals surface area (Å²) < 4.78 is 17.0. The van der Waals surface area contributed by atoms with E-state index in [0.29, 0.717) is 0 Å². The molecule has 0 atom stereocenters. The van der Waals surface area contributed by atoms with E-state index in [1.807, 2.05) is 0 Å². The maximum atomic E-state index is 9.93. The van der Waals surface area contributed by atoms with Gasteiger partial charge in [0.2, 0.25) is 0 Å². The summed E-state index contributed by atoms with van der Waals surface area (Å²) in [5, 5.41) is 16.7. The van der Waals surface area contributed by atoms with Gasteiger partial charge in [-0.2, -0.15) is 0 Å². The van der Waals surface area contributed by atoms with E-state index in [1.54, 1.807) is 0 Å². The van der Waals surface area contributed by atoms with Gasteiger partial charge in [-0.1, -0.05) is 0 Å². The molecule has 0 aromatic rings. The molecular weight excluding hydrogens is 345 g/mol. The van der Waals surface area contributed by atoms with Crippen molar-refractivity contribution in [3.05, 3.63) is 0 Å². The Hall–Kier alpha value is -0.402. The Balaban J connectivity index is 0.000000299. The molecule has 72 valence electrons. The van der Waals surface area contributed by atoms with Crippen molar-refractivity contribution in [1.29, 1.82) is 0 Å². The third-order valence-corrected chi connectivity index (χ3v) is 2.50. The minimum atomic E-state index is -3.12. The summed E-state index contributed by atoms with van der Waals surface area (Å²) in [6.45, 7) is 0. The Kier molecular flexibility index (Phi) is 4.76. The van der Waals surface area contributed by atoms with Crippen molar-refractivity contribution in [2.75, 3.05) is 0 Å². The van der Waals surface area contributed by atoms with Crippen LogP contribution in [0.3, 0.4) is 0 Å². The molecule has 14 heavy (non-hydrogen) atoms. The fraction of sp³-hybridized carbons (Fsp3) is 0. The van der Waals surface area contributed by atoms with Crippen molar-refractivity contribution in [3.63, 3.8) is 0 Å². The van der Waals surface area contributed by atoms with Gasteiger partial charge >= 0.3 is 70.2 Å². The summed E-state index contributed by atoms with van der Waals surface area (Å²) >= 11 is 0. The van der Waals surface area contributed by atoms with Crippen molar-refractivity contribution < 1.29 is 42.3 Å². The van der Waals surface area contributed by atoms with Gasteiger partial charge < -0.3 is 32.7 Å². The van der Waals surface area contributed by atoms with E-state index in [4.69, 9.17) is 15.0 Å². The minimum Gasteiger partial charge on any atom is -0.652 e. The van der Waals surface area contributed by atoms with Crippen LogP contribution in [0.5, 0.6) is 0 Å².